The highest BCUT2D eigenvalue weighted by atomic mass is 16.1. The smallest absolute Gasteiger partial charge is 0.273 e. The van der Waals surface area contributed by atoms with Crippen LogP contribution < -0.4 is 15.5 Å². The summed E-state index contributed by atoms with van der Waals surface area (Å²) in [5.74, 6) is 0.990. The molecule has 1 aliphatic rings. The lowest BCUT2D eigenvalue weighted by Gasteiger charge is -2.28. The lowest BCUT2D eigenvalue weighted by atomic mass is 9.86. The van der Waals surface area contributed by atoms with E-state index in [9.17, 15) is 9.59 Å². The number of aliphatic imine (C=N–C) groups is 1. The van der Waals surface area contributed by atoms with Crippen molar-refractivity contribution < 1.29 is 9.59 Å². The molecule has 2 rings (SSSR count). The van der Waals surface area contributed by atoms with Crippen LogP contribution >= 0.6 is 0 Å². The number of hydrogen-bond donors (Lipinski definition) is 2. The van der Waals surface area contributed by atoms with Crippen LogP contribution in [0.4, 0.5) is 11.6 Å². The van der Waals surface area contributed by atoms with E-state index in [0.717, 1.165) is 37.4 Å². The van der Waals surface area contributed by atoms with E-state index in [1.54, 1.807) is 32.6 Å². The second kappa shape index (κ2) is 30.5. The Hall–Kier alpha value is -3.55. The van der Waals surface area contributed by atoms with E-state index in [1.165, 1.54) is 18.9 Å². The molecule has 0 bridgehead atoms. The Balaban J connectivity index is -0.000000329. The molecule has 0 saturated carbocycles. The number of anilines is 2. The number of carbonyl (C=O) groups is 2. The van der Waals surface area contributed by atoms with Crippen LogP contribution in [0.25, 0.3) is 0 Å². The van der Waals surface area contributed by atoms with Crippen LogP contribution in [0.3, 0.4) is 0 Å². The highest BCUT2D eigenvalue weighted by Gasteiger charge is 2.19. The van der Waals surface area contributed by atoms with Crippen LogP contribution in [0, 0.1) is 5.41 Å². The molecule has 258 valence electrons. The number of hydrogen-bond acceptors (Lipinski definition) is 7. The standard InChI is InChI=1S/C16H24N6O.C13H20O.4C2H6/c1-4-12(10-17-2)20-15-14(16(23)18-3)19-11-13(21-15)22-8-6-5-7-9-22;1-7-12(13(4,5)6)9-8-10(2)11(3)14;4*1-2/h4,10-11H,5-9H2,1-3H3,(H,18,23)(H,20,21);7-9H,2H2,1,3-6H3;4*1-2H3/b12-4+,17-10?;9-8-,12-7+;;;;. The van der Waals surface area contributed by atoms with E-state index >= 15 is 0 Å². The summed E-state index contributed by atoms with van der Waals surface area (Å²) in [6.45, 7) is 33.5. The minimum atomic E-state index is -0.269. The average Bonchev–Trinajstić information content (AvgIpc) is 3.08. The Morgan fingerprint density at radius 1 is 0.933 bits per heavy atom. The minimum absolute atomic E-state index is 0.0191. The van der Waals surface area contributed by atoms with E-state index in [-0.39, 0.29) is 22.8 Å². The van der Waals surface area contributed by atoms with Crippen molar-refractivity contribution in [1.29, 1.82) is 0 Å². The van der Waals surface area contributed by atoms with E-state index in [1.807, 2.05) is 81.4 Å². The minimum Gasteiger partial charge on any atom is -0.355 e. The second-order valence-corrected chi connectivity index (χ2v) is 9.72. The summed E-state index contributed by atoms with van der Waals surface area (Å²) in [5.41, 5.74) is 2.91. The Bertz CT molecular complexity index is 1060. The normalized spacial score (nSPS) is 12.8. The van der Waals surface area contributed by atoms with Crippen LogP contribution in [-0.4, -0.2) is 55.1 Å². The van der Waals surface area contributed by atoms with Crippen LogP contribution in [0.1, 0.15) is 127 Å². The van der Waals surface area contributed by atoms with Crippen LogP contribution in [0.2, 0.25) is 0 Å². The highest BCUT2D eigenvalue weighted by Crippen LogP contribution is 2.26. The van der Waals surface area contributed by atoms with Gasteiger partial charge >= 0.3 is 0 Å². The molecule has 0 atom stereocenters. The van der Waals surface area contributed by atoms with Crippen molar-refractivity contribution in [2.45, 2.75) is 116 Å². The lowest BCUT2D eigenvalue weighted by Crippen LogP contribution is -2.31. The molecular formula is C37H68N6O2. The molecule has 0 radical (unpaired) electrons. The van der Waals surface area contributed by atoms with Gasteiger partial charge in [0.05, 0.1) is 11.9 Å². The topological polar surface area (TPSA) is 99.6 Å². The van der Waals surface area contributed by atoms with E-state index < -0.39 is 0 Å². The van der Waals surface area contributed by atoms with E-state index in [2.05, 4.69) is 63.9 Å². The average molecular weight is 629 g/mol. The molecule has 0 aromatic carbocycles. The van der Waals surface area contributed by atoms with Crippen molar-refractivity contribution >= 4 is 29.5 Å². The van der Waals surface area contributed by atoms with Crippen molar-refractivity contribution in [3.8, 4) is 0 Å². The number of allylic oxidation sites excluding steroid dienone is 7. The zero-order valence-corrected chi connectivity index (χ0v) is 31.8. The van der Waals surface area contributed by atoms with Gasteiger partial charge in [0.2, 0.25) is 0 Å². The number of carbonyl (C=O) groups excluding carboxylic acids is 2. The van der Waals surface area contributed by atoms with E-state index in [0.29, 0.717) is 11.4 Å². The van der Waals surface area contributed by atoms with Crippen molar-refractivity contribution in [2.75, 3.05) is 37.4 Å². The summed E-state index contributed by atoms with van der Waals surface area (Å²) >= 11 is 0. The van der Waals surface area contributed by atoms with Crippen LogP contribution in [0.5, 0.6) is 0 Å². The molecule has 2 heterocycles. The molecule has 8 nitrogen and oxygen atoms in total. The summed E-state index contributed by atoms with van der Waals surface area (Å²) in [5, 5.41) is 5.74. The molecule has 1 amide bonds. The summed E-state index contributed by atoms with van der Waals surface area (Å²) in [7, 11) is 3.27. The summed E-state index contributed by atoms with van der Waals surface area (Å²) in [6, 6.07) is 0. The van der Waals surface area contributed by atoms with Gasteiger partial charge in [-0.05, 0) is 51.0 Å². The van der Waals surface area contributed by atoms with Gasteiger partial charge in [-0.1, -0.05) is 107 Å². The maximum atomic E-state index is 12.0. The monoisotopic (exact) mass is 629 g/mol. The second-order valence-electron chi connectivity index (χ2n) is 9.72. The maximum Gasteiger partial charge on any atom is 0.273 e. The third kappa shape index (κ3) is 20.9. The van der Waals surface area contributed by atoms with Gasteiger partial charge in [-0.25, -0.2) is 9.97 Å². The molecule has 45 heavy (non-hydrogen) atoms. The fourth-order valence-electron chi connectivity index (χ4n) is 3.57. The van der Waals surface area contributed by atoms with Crippen molar-refractivity contribution in [3.63, 3.8) is 0 Å². The van der Waals surface area contributed by atoms with Gasteiger partial charge in [-0.2, -0.15) is 0 Å². The van der Waals surface area contributed by atoms with Crippen LogP contribution in [0.15, 0.2) is 58.9 Å². The lowest BCUT2D eigenvalue weighted by molar-refractivity contribution is -0.113. The summed E-state index contributed by atoms with van der Waals surface area (Å²) < 4.78 is 0. The summed E-state index contributed by atoms with van der Waals surface area (Å²) in [6.07, 6.45) is 14.6. The number of nitrogens with zero attached hydrogens (tertiary/aromatic N) is 4. The van der Waals surface area contributed by atoms with Gasteiger partial charge in [-0.3, -0.25) is 14.6 Å². The van der Waals surface area contributed by atoms with E-state index in [4.69, 9.17) is 0 Å². The molecule has 0 unspecified atom stereocenters. The number of Topliss-reactive ketones (excluding diaryl/α,β-unsaturated/α-hetero) is 1. The predicted molar refractivity (Wildman–Crippen MR) is 201 cm³/mol. The van der Waals surface area contributed by atoms with Gasteiger partial charge in [0.1, 0.15) is 5.82 Å². The first kappa shape index (κ1) is 48.4. The number of amides is 1. The number of piperidine rings is 1. The molecule has 0 aliphatic carbocycles. The van der Waals surface area contributed by atoms with Gasteiger partial charge in [-0.15, -0.1) is 0 Å². The highest BCUT2D eigenvalue weighted by molar-refractivity contribution is 5.98. The fraction of sp³-hybridized carbons (Fsp3) is 0.595. The largest absolute Gasteiger partial charge is 0.355 e. The fourth-order valence-corrected chi connectivity index (χ4v) is 3.57. The Morgan fingerprint density at radius 3 is 1.87 bits per heavy atom. The molecule has 1 aliphatic heterocycles. The first-order valence-corrected chi connectivity index (χ1v) is 16.7. The number of nitrogens with one attached hydrogen (secondary N) is 2. The molecule has 1 aromatic rings. The van der Waals surface area contributed by atoms with Gasteiger partial charge < -0.3 is 15.5 Å². The molecule has 1 saturated heterocycles. The van der Waals surface area contributed by atoms with Gasteiger partial charge in [0.15, 0.2) is 17.3 Å². The molecule has 1 aromatic heterocycles. The van der Waals surface area contributed by atoms with Gasteiger partial charge in [0, 0.05) is 39.0 Å². The SMILES string of the molecule is C/C=C(\C=NC)Nc1nc(N2CCCCC2)cnc1C(=O)NC.C=C(/C=C\C(=C/C)C(C)(C)C)C(C)=O.CC.CC.CC.CC. The third-order valence-electron chi connectivity index (χ3n) is 5.82. The molecular weight excluding hydrogens is 560 g/mol. The van der Waals surface area contributed by atoms with Gasteiger partial charge in [0.25, 0.3) is 5.91 Å². The molecule has 8 heteroatoms. The number of ketones is 1. The maximum absolute atomic E-state index is 12.0. The Morgan fingerprint density at radius 2 is 1.47 bits per heavy atom. The first-order chi connectivity index (χ1) is 21.5. The number of rotatable bonds is 8. The quantitative estimate of drug-likeness (QED) is 0.169. The molecule has 1 fully saturated rings. The van der Waals surface area contributed by atoms with Crippen LogP contribution in [-0.2, 0) is 4.79 Å². The molecule has 2 N–H and O–H groups in total. The zero-order chi connectivity index (χ0) is 36.0. The Kier molecular flexibility index (Phi) is 32.7. The van der Waals surface area contributed by atoms with Crippen molar-refractivity contribution in [2.24, 2.45) is 10.4 Å². The Labute approximate surface area is 277 Å². The third-order valence-corrected chi connectivity index (χ3v) is 5.82. The summed E-state index contributed by atoms with van der Waals surface area (Å²) in [4.78, 5) is 38.1. The van der Waals surface area contributed by atoms with Crippen molar-refractivity contribution in [3.05, 3.63) is 59.6 Å². The zero-order valence-electron chi connectivity index (χ0n) is 31.8. The number of aromatic nitrogens is 2. The predicted octanol–water partition coefficient (Wildman–Crippen LogP) is 9.63. The first-order valence-electron chi connectivity index (χ1n) is 16.7. The molecule has 0 spiro atoms. The van der Waals surface area contributed by atoms with Crippen molar-refractivity contribution in [1.82, 2.24) is 15.3 Å².